The number of hydrogen-bond acceptors (Lipinski definition) is 3. The van der Waals surface area contributed by atoms with E-state index in [1.54, 1.807) is 11.3 Å². The highest BCUT2D eigenvalue weighted by molar-refractivity contribution is 7.16. The summed E-state index contributed by atoms with van der Waals surface area (Å²) >= 11 is 1.68. The van der Waals surface area contributed by atoms with Crippen LogP contribution in [0.25, 0.3) is 10.2 Å². The summed E-state index contributed by atoms with van der Waals surface area (Å²) in [5.74, 6) is 0. The molecule has 3 heteroatoms. The molecule has 0 amide bonds. The predicted molar refractivity (Wildman–Crippen MR) is 67.6 cm³/mol. The van der Waals surface area contributed by atoms with Crippen LogP contribution in [0.15, 0.2) is 23.7 Å². The smallest absolute Gasteiger partial charge is 0.0813 e. The first-order valence-electron chi connectivity index (χ1n) is 5.12. The van der Waals surface area contributed by atoms with Gasteiger partial charge in [-0.25, -0.2) is 4.98 Å². The van der Waals surface area contributed by atoms with Crippen molar-refractivity contribution in [3.63, 3.8) is 0 Å². The second-order valence-corrected chi connectivity index (χ2v) is 5.84. The molecule has 0 aliphatic heterocycles. The van der Waals surface area contributed by atoms with Crippen LogP contribution in [0.3, 0.4) is 0 Å². The molecule has 80 valence electrons. The summed E-state index contributed by atoms with van der Waals surface area (Å²) in [7, 11) is 0. The number of nitrogens with one attached hydrogen (secondary N) is 1. The van der Waals surface area contributed by atoms with E-state index >= 15 is 0 Å². The lowest BCUT2D eigenvalue weighted by Crippen LogP contribution is -2.18. The van der Waals surface area contributed by atoms with Crippen molar-refractivity contribution >= 4 is 27.2 Å². The van der Waals surface area contributed by atoms with Crippen LogP contribution in [0.2, 0.25) is 0 Å². The molecule has 1 aromatic heterocycles. The van der Waals surface area contributed by atoms with Crippen LogP contribution in [-0.4, -0.2) is 11.5 Å². The van der Waals surface area contributed by atoms with Gasteiger partial charge in [-0.15, -0.1) is 11.3 Å². The van der Waals surface area contributed by atoms with Crippen LogP contribution in [0.1, 0.15) is 20.8 Å². The summed E-state index contributed by atoms with van der Waals surface area (Å²) in [4.78, 5) is 4.26. The van der Waals surface area contributed by atoms with Gasteiger partial charge in [-0.05, 0) is 23.6 Å². The summed E-state index contributed by atoms with van der Waals surface area (Å²) in [5.41, 5.74) is 4.46. The second-order valence-electron chi connectivity index (χ2n) is 4.95. The molecule has 1 heterocycles. The van der Waals surface area contributed by atoms with Crippen molar-refractivity contribution in [1.29, 1.82) is 0 Å². The number of fused-ring (bicyclic) bond motifs is 1. The maximum atomic E-state index is 4.26. The van der Waals surface area contributed by atoms with E-state index in [1.807, 2.05) is 5.51 Å². The van der Waals surface area contributed by atoms with E-state index in [1.165, 1.54) is 10.4 Å². The molecule has 0 bridgehead atoms. The molecule has 1 aromatic carbocycles. The maximum absolute atomic E-state index is 4.26. The van der Waals surface area contributed by atoms with E-state index in [-0.39, 0.29) is 0 Å². The fourth-order valence-electron chi connectivity index (χ4n) is 1.33. The lowest BCUT2D eigenvalue weighted by molar-refractivity contribution is 0.443. The van der Waals surface area contributed by atoms with Crippen LogP contribution in [0.4, 0.5) is 5.69 Å². The van der Waals surface area contributed by atoms with Crippen molar-refractivity contribution in [3.8, 4) is 0 Å². The fourth-order valence-corrected chi connectivity index (χ4v) is 2.05. The molecule has 2 aromatic rings. The standard InChI is InChI=1S/C12H16N2S/c1-12(2,3)7-13-9-4-5-10-11(6-9)15-8-14-10/h4-6,8,13H,7H2,1-3H3. The van der Waals surface area contributed by atoms with Gasteiger partial charge in [-0.3, -0.25) is 0 Å². The molecular formula is C12H16N2S. The van der Waals surface area contributed by atoms with Crippen LogP contribution < -0.4 is 5.32 Å². The fraction of sp³-hybridized carbons (Fsp3) is 0.417. The molecular weight excluding hydrogens is 204 g/mol. The lowest BCUT2D eigenvalue weighted by atomic mass is 9.97. The Bertz CT molecular complexity index is 454. The largest absolute Gasteiger partial charge is 0.384 e. The average Bonchev–Trinajstić information content (AvgIpc) is 2.60. The number of benzene rings is 1. The van der Waals surface area contributed by atoms with Gasteiger partial charge in [-0.1, -0.05) is 20.8 Å². The highest BCUT2D eigenvalue weighted by Gasteiger charge is 2.09. The van der Waals surface area contributed by atoms with Crippen LogP contribution in [0, 0.1) is 5.41 Å². The van der Waals surface area contributed by atoms with E-state index in [9.17, 15) is 0 Å². The summed E-state index contributed by atoms with van der Waals surface area (Å²) in [6.45, 7) is 7.67. The molecule has 1 N–H and O–H groups in total. The Morgan fingerprint density at radius 3 is 2.87 bits per heavy atom. The van der Waals surface area contributed by atoms with Crippen LogP contribution in [0.5, 0.6) is 0 Å². The van der Waals surface area contributed by atoms with Crippen molar-refractivity contribution in [2.75, 3.05) is 11.9 Å². The molecule has 0 fully saturated rings. The van der Waals surface area contributed by atoms with Crippen molar-refractivity contribution < 1.29 is 0 Å². The molecule has 0 saturated heterocycles. The highest BCUT2D eigenvalue weighted by Crippen LogP contribution is 2.23. The van der Waals surface area contributed by atoms with E-state index in [2.05, 4.69) is 49.3 Å². The molecule has 0 aliphatic carbocycles. The van der Waals surface area contributed by atoms with Gasteiger partial charge in [0, 0.05) is 12.2 Å². The van der Waals surface area contributed by atoms with Gasteiger partial charge in [0.1, 0.15) is 0 Å². The number of rotatable bonds is 2. The highest BCUT2D eigenvalue weighted by atomic mass is 32.1. The number of hydrogen-bond donors (Lipinski definition) is 1. The molecule has 2 nitrogen and oxygen atoms in total. The van der Waals surface area contributed by atoms with Crippen molar-refractivity contribution in [2.24, 2.45) is 5.41 Å². The summed E-state index contributed by atoms with van der Waals surface area (Å²) in [6.07, 6.45) is 0. The number of thiazole rings is 1. The van der Waals surface area contributed by atoms with Gasteiger partial charge in [0.15, 0.2) is 0 Å². The van der Waals surface area contributed by atoms with E-state index in [0.717, 1.165) is 12.1 Å². The van der Waals surface area contributed by atoms with E-state index in [0.29, 0.717) is 5.41 Å². The third kappa shape index (κ3) is 2.69. The zero-order valence-corrected chi connectivity index (χ0v) is 10.2. The summed E-state index contributed by atoms with van der Waals surface area (Å²) in [5, 5.41) is 3.45. The quantitative estimate of drug-likeness (QED) is 0.833. The minimum Gasteiger partial charge on any atom is -0.384 e. The van der Waals surface area contributed by atoms with Crippen molar-refractivity contribution in [2.45, 2.75) is 20.8 Å². The predicted octanol–water partition coefficient (Wildman–Crippen LogP) is 3.75. The van der Waals surface area contributed by atoms with Crippen LogP contribution >= 0.6 is 11.3 Å². The first-order chi connectivity index (χ1) is 7.04. The molecule has 0 unspecified atom stereocenters. The molecule has 0 saturated carbocycles. The van der Waals surface area contributed by atoms with Crippen LogP contribution in [-0.2, 0) is 0 Å². The lowest BCUT2D eigenvalue weighted by Gasteiger charge is -2.19. The van der Waals surface area contributed by atoms with E-state index in [4.69, 9.17) is 0 Å². The van der Waals surface area contributed by atoms with Crippen molar-refractivity contribution in [1.82, 2.24) is 4.98 Å². The average molecular weight is 220 g/mol. The SMILES string of the molecule is CC(C)(C)CNc1ccc2ncsc2c1. The molecule has 15 heavy (non-hydrogen) atoms. The zero-order chi connectivity index (χ0) is 10.9. The monoisotopic (exact) mass is 220 g/mol. The Kier molecular flexibility index (Phi) is 2.65. The second kappa shape index (κ2) is 3.81. The van der Waals surface area contributed by atoms with E-state index < -0.39 is 0 Å². The zero-order valence-electron chi connectivity index (χ0n) is 9.37. The van der Waals surface area contributed by atoms with Gasteiger partial charge in [-0.2, -0.15) is 0 Å². The molecule has 0 atom stereocenters. The molecule has 2 rings (SSSR count). The number of aromatic nitrogens is 1. The minimum atomic E-state index is 0.308. The Morgan fingerprint density at radius 2 is 2.13 bits per heavy atom. The van der Waals surface area contributed by atoms with Crippen molar-refractivity contribution in [3.05, 3.63) is 23.7 Å². The molecule has 0 spiro atoms. The first-order valence-corrected chi connectivity index (χ1v) is 6.00. The minimum absolute atomic E-state index is 0.308. The summed E-state index contributed by atoms with van der Waals surface area (Å²) in [6, 6.07) is 6.32. The Hall–Kier alpha value is -1.09. The van der Waals surface area contributed by atoms with Gasteiger partial charge < -0.3 is 5.32 Å². The number of nitrogens with zero attached hydrogens (tertiary/aromatic N) is 1. The number of anilines is 1. The van der Waals surface area contributed by atoms with Gasteiger partial charge >= 0.3 is 0 Å². The van der Waals surface area contributed by atoms with Gasteiger partial charge in [0.2, 0.25) is 0 Å². The Balaban J connectivity index is 2.15. The third-order valence-electron chi connectivity index (χ3n) is 2.15. The Labute approximate surface area is 94.3 Å². The maximum Gasteiger partial charge on any atom is 0.0813 e. The molecule has 0 aliphatic rings. The third-order valence-corrected chi connectivity index (χ3v) is 2.95. The Morgan fingerprint density at radius 1 is 1.33 bits per heavy atom. The molecule has 0 radical (unpaired) electrons. The summed E-state index contributed by atoms with van der Waals surface area (Å²) < 4.78 is 1.24. The topological polar surface area (TPSA) is 24.9 Å². The van der Waals surface area contributed by atoms with Gasteiger partial charge in [0.25, 0.3) is 0 Å². The normalized spacial score (nSPS) is 11.9. The van der Waals surface area contributed by atoms with Gasteiger partial charge in [0.05, 0.1) is 15.7 Å². The first kappa shape index (κ1) is 10.4.